The normalized spacial score (nSPS) is 10.9. The Hall–Kier alpha value is -2.58. The van der Waals surface area contributed by atoms with E-state index in [2.05, 4.69) is 20.8 Å². The number of aromatic nitrogens is 4. The number of hydrogen-bond donors (Lipinski definition) is 2. The summed E-state index contributed by atoms with van der Waals surface area (Å²) in [5, 5.41) is 17.5. The van der Waals surface area contributed by atoms with E-state index in [0.717, 1.165) is 28.2 Å². The van der Waals surface area contributed by atoms with Crippen LogP contribution in [0.1, 0.15) is 22.5 Å². The number of anilines is 2. The molecule has 0 atom stereocenters. The fourth-order valence-electron chi connectivity index (χ4n) is 3.43. The molecule has 0 spiro atoms. The lowest BCUT2D eigenvalue weighted by molar-refractivity contribution is 0.659. The SMILES string of the molecule is Cc1nn(Cc2ccc(Cl)cc2Cl)c(C)c1NC(=S)Nc1nn(Cc2ccccc2)cc1Cl. The fraction of sp³-hybridized carbons (Fsp3) is 0.174. The van der Waals surface area contributed by atoms with Gasteiger partial charge in [0.25, 0.3) is 0 Å². The van der Waals surface area contributed by atoms with E-state index in [1.807, 2.05) is 61.0 Å². The highest BCUT2D eigenvalue weighted by Crippen LogP contribution is 2.26. The summed E-state index contributed by atoms with van der Waals surface area (Å²) in [5.74, 6) is 0.487. The highest BCUT2D eigenvalue weighted by atomic mass is 35.5. The van der Waals surface area contributed by atoms with E-state index in [0.29, 0.717) is 39.1 Å². The maximum Gasteiger partial charge on any atom is 0.176 e. The van der Waals surface area contributed by atoms with Gasteiger partial charge in [-0.05, 0) is 49.3 Å². The van der Waals surface area contributed by atoms with Gasteiger partial charge in [0, 0.05) is 16.2 Å². The zero-order chi connectivity index (χ0) is 23.5. The number of hydrogen-bond acceptors (Lipinski definition) is 3. The largest absolute Gasteiger partial charge is 0.329 e. The smallest absolute Gasteiger partial charge is 0.176 e. The van der Waals surface area contributed by atoms with Crippen molar-refractivity contribution in [3.63, 3.8) is 0 Å². The molecule has 10 heteroatoms. The van der Waals surface area contributed by atoms with Gasteiger partial charge in [0.1, 0.15) is 5.02 Å². The summed E-state index contributed by atoms with van der Waals surface area (Å²) in [4.78, 5) is 0. The first kappa shape index (κ1) is 23.6. The first-order chi connectivity index (χ1) is 15.8. The molecular weight excluding hydrogens is 499 g/mol. The van der Waals surface area contributed by atoms with Crippen molar-refractivity contribution in [1.29, 1.82) is 0 Å². The van der Waals surface area contributed by atoms with Crippen LogP contribution in [-0.4, -0.2) is 24.7 Å². The Balaban J connectivity index is 1.45. The molecule has 170 valence electrons. The number of aryl methyl sites for hydroxylation is 1. The van der Waals surface area contributed by atoms with E-state index in [1.54, 1.807) is 16.9 Å². The van der Waals surface area contributed by atoms with Gasteiger partial charge >= 0.3 is 0 Å². The number of thiocarbonyl (C=S) groups is 1. The van der Waals surface area contributed by atoms with Crippen LogP contribution in [0, 0.1) is 13.8 Å². The quantitative estimate of drug-likeness (QED) is 0.282. The van der Waals surface area contributed by atoms with Crippen LogP contribution in [-0.2, 0) is 13.1 Å². The van der Waals surface area contributed by atoms with Crippen LogP contribution in [0.15, 0.2) is 54.7 Å². The molecule has 0 saturated heterocycles. The van der Waals surface area contributed by atoms with E-state index < -0.39 is 0 Å². The van der Waals surface area contributed by atoms with Gasteiger partial charge in [-0.3, -0.25) is 9.36 Å². The Morgan fingerprint density at radius 3 is 2.42 bits per heavy atom. The van der Waals surface area contributed by atoms with Crippen molar-refractivity contribution in [2.75, 3.05) is 10.6 Å². The van der Waals surface area contributed by atoms with Gasteiger partial charge in [-0.25, -0.2) is 0 Å². The lowest BCUT2D eigenvalue weighted by Crippen LogP contribution is -2.20. The number of halogens is 3. The lowest BCUT2D eigenvalue weighted by atomic mass is 10.2. The number of rotatable bonds is 6. The van der Waals surface area contributed by atoms with Crippen molar-refractivity contribution in [2.45, 2.75) is 26.9 Å². The molecule has 33 heavy (non-hydrogen) atoms. The molecule has 4 aromatic rings. The van der Waals surface area contributed by atoms with E-state index in [9.17, 15) is 0 Å². The number of benzene rings is 2. The van der Waals surface area contributed by atoms with Gasteiger partial charge in [-0.2, -0.15) is 10.2 Å². The van der Waals surface area contributed by atoms with Crippen molar-refractivity contribution >= 4 is 63.6 Å². The summed E-state index contributed by atoms with van der Waals surface area (Å²) >= 11 is 24.2. The molecule has 0 amide bonds. The minimum absolute atomic E-state index is 0.372. The van der Waals surface area contributed by atoms with Crippen LogP contribution in [0.3, 0.4) is 0 Å². The molecule has 6 nitrogen and oxygen atoms in total. The summed E-state index contributed by atoms with van der Waals surface area (Å²) in [6.07, 6.45) is 1.77. The van der Waals surface area contributed by atoms with Crippen molar-refractivity contribution in [1.82, 2.24) is 19.6 Å². The minimum atomic E-state index is 0.372. The monoisotopic (exact) mass is 518 g/mol. The molecule has 0 saturated carbocycles. The highest BCUT2D eigenvalue weighted by molar-refractivity contribution is 7.80. The predicted octanol–water partition coefficient (Wildman–Crippen LogP) is 6.56. The number of nitrogens with one attached hydrogen (secondary N) is 2. The van der Waals surface area contributed by atoms with Crippen LogP contribution >= 0.6 is 47.0 Å². The van der Waals surface area contributed by atoms with Crippen molar-refractivity contribution in [2.24, 2.45) is 0 Å². The molecule has 2 heterocycles. The Bertz CT molecular complexity index is 1300. The molecule has 0 aliphatic rings. The van der Waals surface area contributed by atoms with E-state index in [4.69, 9.17) is 47.0 Å². The second kappa shape index (κ2) is 10.1. The first-order valence-electron chi connectivity index (χ1n) is 10.1. The maximum atomic E-state index is 6.37. The van der Waals surface area contributed by atoms with Crippen LogP contribution in [0.2, 0.25) is 15.1 Å². The first-order valence-corrected chi connectivity index (χ1v) is 11.7. The van der Waals surface area contributed by atoms with Gasteiger partial charge in [0.2, 0.25) is 0 Å². The molecule has 0 bridgehead atoms. The highest BCUT2D eigenvalue weighted by Gasteiger charge is 2.16. The summed E-state index contributed by atoms with van der Waals surface area (Å²) in [5.41, 5.74) is 4.60. The van der Waals surface area contributed by atoms with Gasteiger partial charge in [0.05, 0.1) is 30.2 Å². The minimum Gasteiger partial charge on any atom is -0.329 e. The fourth-order valence-corrected chi connectivity index (χ4v) is 4.29. The molecule has 2 aromatic heterocycles. The Kier molecular flexibility index (Phi) is 7.24. The summed E-state index contributed by atoms with van der Waals surface area (Å²) in [7, 11) is 0. The molecule has 0 unspecified atom stereocenters. The van der Waals surface area contributed by atoms with Gasteiger partial charge in [-0.1, -0.05) is 71.2 Å². The Morgan fingerprint density at radius 2 is 1.70 bits per heavy atom. The zero-order valence-corrected chi connectivity index (χ0v) is 21.0. The third-order valence-electron chi connectivity index (χ3n) is 5.09. The molecular formula is C23H21Cl3N6S. The third kappa shape index (κ3) is 5.68. The average Bonchev–Trinajstić information content (AvgIpc) is 3.24. The second-order valence-electron chi connectivity index (χ2n) is 7.53. The summed E-state index contributed by atoms with van der Waals surface area (Å²) in [6, 6.07) is 15.5. The third-order valence-corrected chi connectivity index (χ3v) is 6.16. The number of nitrogens with zero attached hydrogens (tertiary/aromatic N) is 4. The topological polar surface area (TPSA) is 59.7 Å². The molecule has 0 aliphatic heterocycles. The van der Waals surface area contributed by atoms with E-state index >= 15 is 0 Å². The van der Waals surface area contributed by atoms with Crippen LogP contribution < -0.4 is 10.6 Å². The molecule has 0 fully saturated rings. The zero-order valence-electron chi connectivity index (χ0n) is 17.9. The Morgan fingerprint density at radius 1 is 0.939 bits per heavy atom. The Labute approximate surface area is 212 Å². The molecule has 4 rings (SSSR count). The van der Waals surface area contributed by atoms with Crippen molar-refractivity contribution in [3.8, 4) is 0 Å². The van der Waals surface area contributed by atoms with Crippen LogP contribution in [0.25, 0.3) is 0 Å². The van der Waals surface area contributed by atoms with E-state index in [1.165, 1.54) is 0 Å². The van der Waals surface area contributed by atoms with Crippen molar-refractivity contribution in [3.05, 3.63) is 92.3 Å². The van der Waals surface area contributed by atoms with Crippen LogP contribution in [0.5, 0.6) is 0 Å². The van der Waals surface area contributed by atoms with Crippen LogP contribution in [0.4, 0.5) is 11.5 Å². The predicted molar refractivity (Wildman–Crippen MR) is 140 cm³/mol. The molecule has 2 aromatic carbocycles. The summed E-state index contributed by atoms with van der Waals surface area (Å²) < 4.78 is 3.64. The van der Waals surface area contributed by atoms with Crippen molar-refractivity contribution < 1.29 is 0 Å². The maximum absolute atomic E-state index is 6.37. The molecule has 2 N–H and O–H groups in total. The van der Waals surface area contributed by atoms with E-state index in [-0.39, 0.29) is 0 Å². The molecule has 0 aliphatic carbocycles. The van der Waals surface area contributed by atoms with Gasteiger partial charge in [0.15, 0.2) is 10.9 Å². The standard InChI is InChI=1S/C23H21Cl3N6S/c1-14-21(15(2)32(29-14)12-17-8-9-18(24)10-19(17)25)27-23(33)28-22-20(26)13-31(30-22)11-16-6-4-3-5-7-16/h3-10,13H,11-12H2,1-2H3,(H2,27,28,30,33). The average molecular weight is 520 g/mol. The van der Waals surface area contributed by atoms with Gasteiger partial charge < -0.3 is 10.6 Å². The second-order valence-corrected chi connectivity index (χ2v) is 9.19. The summed E-state index contributed by atoms with van der Waals surface area (Å²) in [6.45, 7) is 5.01. The molecule has 0 radical (unpaired) electrons. The lowest BCUT2D eigenvalue weighted by Gasteiger charge is -2.11. The van der Waals surface area contributed by atoms with Gasteiger partial charge in [-0.15, -0.1) is 0 Å².